The van der Waals surface area contributed by atoms with Gasteiger partial charge in [-0.3, -0.25) is 0 Å². The molecule has 1 unspecified atom stereocenters. The van der Waals surface area contributed by atoms with Crippen LogP contribution >= 0.6 is 0 Å². The highest BCUT2D eigenvalue weighted by Gasteiger charge is 2.27. The SMILES string of the molecule is CCOC(=O)c1nc(-c2cccnc2N)nc(-c2c(C)ccc3c2cnn3C2CCCCO2)c1F. The zero-order valence-electron chi connectivity index (χ0n) is 19.5. The van der Waals surface area contributed by atoms with Gasteiger partial charge in [-0.1, -0.05) is 6.07 Å². The quantitative estimate of drug-likeness (QED) is 0.420. The number of pyridine rings is 1. The summed E-state index contributed by atoms with van der Waals surface area (Å²) in [5.74, 6) is -1.51. The Morgan fingerprint density at radius 2 is 2.14 bits per heavy atom. The van der Waals surface area contributed by atoms with Gasteiger partial charge >= 0.3 is 5.97 Å². The molecule has 1 aromatic carbocycles. The Labute approximate surface area is 201 Å². The van der Waals surface area contributed by atoms with E-state index in [1.165, 1.54) is 6.20 Å². The third-order valence-corrected chi connectivity index (χ3v) is 6.05. The second kappa shape index (κ2) is 9.38. The molecule has 1 aliphatic rings. The number of carbonyl (C=O) groups excluding carboxylic acids is 1. The third-order valence-electron chi connectivity index (χ3n) is 6.05. The van der Waals surface area contributed by atoms with Crippen LogP contribution in [0.5, 0.6) is 0 Å². The molecular weight excluding hydrogens is 451 g/mol. The second-order valence-electron chi connectivity index (χ2n) is 8.32. The number of nitrogens with two attached hydrogens (primary N) is 1. The highest BCUT2D eigenvalue weighted by molar-refractivity contribution is 5.98. The maximum absolute atomic E-state index is 15.9. The van der Waals surface area contributed by atoms with E-state index >= 15 is 4.39 Å². The van der Waals surface area contributed by atoms with Crippen molar-refractivity contribution in [2.45, 2.75) is 39.3 Å². The summed E-state index contributed by atoms with van der Waals surface area (Å²) in [7, 11) is 0. The van der Waals surface area contributed by atoms with Gasteiger partial charge < -0.3 is 15.2 Å². The smallest absolute Gasteiger partial charge is 0.360 e. The van der Waals surface area contributed by atoms with E-state index in [9.17, 15) is 4.79 Å². The Morgan fingerprint density at radius 3 is 2.89 bits per heavy atom. The van der Waals surface area contributed by atoms with E-state index in [2.05, 4.69) is 20.1 Å². The van der Waals surface area contributed by atoms with Crippen LogP contribution in [-0.2, 0) is 9.47 Å². The first-order chi connectivity index (χ1) is 17.0. The Hall–Kier alpha value is -3.92. The molecule has 10 heteroatoms. The van der Waals surface area contributed by atoms with Crippen molar-refractivity contribution in [3.63, 3.8) is 0 Å². The number of esters is 1. The van der Waals surface area contributed by atoms with Crippen LogP contribution in [0.3, 0.4) is 0 Å². The molecule has 1 aliphatic heterocycles. The summed E-state index contributed by atoms with van der Waals surface area (Å²) in [6.07, 6.45) is 5.93. The lowest BCUT2D eigenvalue weighted by atomic mass is 9.99. The number of fused-ring (bicyclic) bond motifs is 1. The van der Waals surface area contributed by atoms with Crippen LogP contribution < -0.4 is 5.73 Å². The minimum Gasteiger partial charge on any atom is -0.461 e. The second-order valence-corrected chi connectivity index (χ2v) is 8.32. The minimum absolute atomic E-state index is 0.0338. The number of aromatic nitrogens is 5. The molecule has 0 spiro atoms. The zero-order chi connectivity index (χ0) is 24.5. The van der Waals surface area contributed by atoms with Crippen molar-refractivity contribution in [2.75, 3.05) is 18.9 Å². The van der Waals surface area contributed by atoms with Gasteiger partial charge in [0, 0.05) is 23.8 Å². The summed E-state index contributed by atoms with van der Waals surface area (Å²) < 4.78 is 28.7. The van der Waals surface area contributed by atoms with Gasteiger partial charge in [-0.2, -0.15) is 5.10 Å². The monoisotopic (exact) mass is 476 g/mol. The maximum atomic E-state index is 15.9. The topological polar surface area (TPSA) is 118 Å². The summed E-state index contributed by atoms with van der Waals surface area (Å²) in [5, 5.41) is 5.25. The number of ether oxygens (including phenoxy) is 2. The summed E-state index contributed by atoms with van der Waals surface area (Å²) in [6, 6.07) is 7.15. The third kappa shape index (κ3) is 4.10. The average molecular weight is 477 g/mol. The van der Waals surface area contributed by atoms with E-state index in [1.54, 1.807) is 25.3 Å². The molecule has 9 nitrogen and oxygen atoms in total. The molecule has 4 heterocycles. The standard InChI is InChI=1S/C25H25FN6O3/c1-3-34-25(33)22-20(26)21(30-24(31-22)15-7-6-11-28-23(15)27)19-14(2)9-10-17-16(19)13-29-32(17)18-8-4-5-12-35-18/h6-7,9-11,13,18H,3-5,8,12H2,1-2H3,(H2,27,28). The van der Waals surface area contributed by atoms with E-state index in [-0.39, 0.29) is 30.2 Å². The largest absolute Gasteiger partial charge is 0.461 e. The fourth-order valence-electron chi connectivity index (χ4n) is 4.37. The molecule has 0 radical (unpaired) electrons. The number of hydrogen-bond acceptors (Lipinski definition) is 8. The van der Waals surface area contributed by atoms with Gasteiger partial charge in [-0.25, -0.2) is 28.8 Å². The lowest BCUT2D eigenvalue weighted by Crippen LogP contribution is -2.19. The maximum Gasteiger partial charge on any atom is 0.360 e. The highest BCUT2D eigenvalue weighted by atomic mass is 19.1. The fraction of sp³-hybridized carbons (Fsp3) is 0.320. The molecule has 1 saturated heterocycles. The van der Waals surface area contributed by atoms with Gasteiger partial charge in [0.05, 0.1) is 23.9 Å². The number of nitrogen functional groups attached to an aromatic ring is 1. The fourth-order valence-corrected chi connectivity index (χ4v) is 4.37. The minimum atomic E-state index is -0.881. The van der Waals surface area contributed by atoms with Crippen LogP contribution in [0.4, 0.5) is 10.2 Å². The summed E-state index contributed by atoms with van der Waals surface area (Å²) in [6.45, 7) is 4.24. The molecule has 4 aromatic rings. The van der Waals surface area contributed by atoms with Gasteiger partial charge in [0.25, 0.3) is 0 Å². The lowest BCUT2D eigenvalue weighted by molar-refractivity contribution is -0.0366. The van der Waals surface area contributed by atoms with Gasteiger partial charge in [0.1, 0.15) is 11.5 Å². The number of hydrogen-bond donors (Lipinski definition) is 1. The Morgan fingerprint density at radius 1 is 1.29 bits per heavy atom. The molecule has 2 N–H and O–H groups in total. The summed E-state index contributed by atoms with van der Waals surface area (Å²) in [4.78, 5) is 25.4. The van der Waals surface area contributed by atoms with Crippen LogP contribution in [0.25, 0.3) is 33.5 Å². The molecule has 5 rings (SSSR count). The van der Waals surface area contributed by atoms with E-state index in [4.69, 9.17) is 15.2 Å². The van der Waals surface area contributed by atoms with Crippen molar-refractivity contribution in [2.24, 2.45) is 0 Å². The predicted molar refractivity (Wildman–Crippen MR) is 128 cm³/mol. The van der Waals surface area contributed by atoms with Crippen molar-refractivity contribution in [1.29, 1.82) is 0 Å². The van der Waals surface area contributed by atoms with Crippen molar-refractivity contribution < 1.29 is 18.7 Å². The number of benzene rings is 1. The Balaban J connectivity index is 1.75. The molecule has 1 fully saturated rings. The van der Waals surface area contributed by atoms with Gasteiger partial charge in [0.2, 0.25) is 0 Å². The average Bonchev–Trinajstić information content (AvgIpc) is 3.30. The molecule has 35 heavy (non-hydrogen) atoms. The molecule has 0 saturated carbocycles. The van der Waals surface area contributed by atoms with Crippen molar-refractivity contribution in [3.8, 4) is 22.6 Å². The number of rotatable bonds is 5. The molecule has 0 aliphatic carbocycles. The van der Waals surface area contributed by atoms with Crippen LogP contribution in [0.15, 0.2) is 36.7 Å². The number of aryl methyl sites for hydroxylation is 1. The number of nitrogens with zero attached hydrogens (tertiary/aromatic N) is 5. The van der Waals surface area contributed by atoms with Crippen molar-refractivity contribution in [1.82, 2.24) is 24.7 Å². The lowest BCUT2D eigenvalue weighted by Gasteiger charge is -2.23. The van der Waals surface area contributed by atoms with Crippen molar-refractivity contribution >= 4 is 22.7 Å². The van der Waals surface area contributed by atoms with E-state index in [0.29, 0.717) is 23.1 Å². The normalized spacial score (nSPS) is 15.9. The van der Waals surface area contributed by atoms with Crippen LogP contribution in [0.2, 0.25) is 0 Å². The van der Waals surface area contributed by atoms with Crippen molar-refractivity contribution in [3.05, 3.63) is 53.7 Å². The molecule has 0 amide bonds. The summed E-state index contributed by atoms with van der Waals surface area (Å²) >= 11 is 0. The molecule has 0 bridgehead atoms. The van der Waals surface area contributed by atoms with E-state index in [1.807, 2.05) is 23.7 Å². The van der Waals surface area contributed by atoms with Gasteiger partial charge in [0.15, 0.2) is 23.6 Å². The number of carbonyl (C=O) groups is 1. The summed E-state index contributed by atoms with van der Waals surface area (Å²) in [5.41, 5.74) is 7.99. The first kappa shape index (κ1) is 22.9. The predicted octanol–water partition coefficient (Wildman–Crippen LogP) is 4.46. The molecule has 1 atom stereocenters. The molecular formula is C25H25FN6O3. The first-order valence-corrected chi connectivity index (χ1v) is 11.5. The van der Waals surface area contributed by atoms with Crippen LogP contribution in [0.1, 0.15) is 48.5 Å². The zero-order valence-corrected chi connectivity index (χ0v) is 19.5. The number of halogens is 1. The van der Waals surface area contributed by atoms with E-state index < -0.39 is 17.5 Å². The molecule has 3 aromatic heterocycles. The van der Waals surface area contributed by atoms with E-state index in [0.717, 1.165) is 30.3 Å². The molecule has 180 valence electrons. The van der Waals surface area contributed by atoms with Crippen LogP contribution in [-0.4, -0.2) is 43.9 Å². The Kier molecular flexibility index (Phi) is 6.12. The first-order valence-electron chi connectivity index (χ1n) is 11.5. The van der Waals surface area contributed by atoms with Gasteiger partial charge in [-0.05, 0) is 56.9 Å². The van der Waals surface area contributed by atoms with Crippen LogP contribution in [0, 0.1) is 12.7 Å². The highest BCUT2D eigenvalue weighted by Crippen LogP contribution is 2.36. The number of anilines is 1. The Bertz CT molecular complexity index is 1410. The van der Waals surface area contributed by atoms with Gasteiger partial charge in [-0.15, -0.1) is 0 Å².